The van der Waals surface area contributed by atoms with Crippen molar-refractivity contribution in [2.45, 2.75) is 63.4 Å². The van der Waals surface area contributed by atoms with Gasteiger partial charge in [0.25, 0.3) is 0 Å². The molecule has 176 valence electrons. The van der Waals surface area contributed by atoms with Crippen molar-refractivity contribution in [3.05, 3.63) is 63.7 Å². The zero-order chi connectivity index (χ0) is 23.7. The van der Waals surface area contributed by atoms with Gasteiger partial charge in [0, 0.05) is 24.3 Å². The second kappa shape index (κ2) is 9.61. The lowest BCUT2D eigenvalue weighted by atomic mass is 9.77. The van der Waals surface area contributed by atoms with Crippen molar-refractivity contribution < 1.29 is 33.6 Å². The molecule has 5 nitrogen and oxygen atoms in total. The van der Waals surface area contributed by atoms with Gasteiger partial charge < -0.3 is 24.8 Å². The maximum atomic E-state index is 14.6. The number of hydrogen-bond acceptors (Lipinski definition) is 5. The molecule has 1 fully saturated rings. The van der Waals surface area contributed by atoms with Gasteiger partial charge in [-0.3, -0.25) is 0 Å². The summed E-state index contributed by atoms with van der Waals surface area (Å²) in [5.41, 5.74) is -1.43. The van der Waals surface area contributed by atoms with E-state index in [0.29, 0.717) is 16.1 Å². The lowest BCUT2D eigenvalue weighted by Crippen LogP contribution is -2.59. The highest BCUT2D eigenvalue weighted by atomic mass is 35.5. The molecule has 0 aromatic heterocycles. The van der Waals surface area contributed by atoms with Crippen molar-refractivity contribution >= 4 is 11.6 Å². The Hall–Kier alpha value is -1.77. The number of rotatable bonds is 7. The standard InChI is InChI=1S/C24H29ClF2O5/c1-4-31-19-8-6-15(21(26)22(19)27)10-16-9-14(5-7-18(16)25)20-11-17(29)12-24(13-28,32-20)23(2,3)30/h5-9,17,20,28-30H,4,10-13H2,1-3H3/t17?,20?,24-/m1/s1. The van der Waals surface area contributed by atoms with E-state index in [9.17, 15) is 24.1 Å². The van der Waals surface area contributed by atoms with Crippen LogP contribution in [0.3, 0.4) is 0 Å². The molecule has 0 radical (unpaired) electrons. The summed E-state index contributed by atoms with van der Waals surface area (Å²) in [6.07, 6.45) is -1.06. The van der Waals surface area contributed by atoms with Crippen molar-refractivity contribution in [2.24, 2.45) is 0 Å². The van der Waals surface area contributed by atoms with Gasteiger partial charge in [-0.1, -0.05) is 29.8 Å². The van der Waals surface area contributed by atoms with Gasteiger partial charge in [0.15, 0.2) is 11.6 Å². The highest BCUT2D eigenvalue weighted by Crippen LogP contribution is 2.43. The molecule has 2 unspecified atom stereocenters. The normalized spacial score (nSPS) is 23.9. The van der Waals surface area contributed by atoms with E-state index < -0.39 is 41.7 Å². The number of aliphatic hydroxyl groups excluding tert-OH is 2. The van der Waals surface area contributed by atoms with E-state index in [1.807, 2.05) is 0 Å². The third-order valence-corrected chi connectivity index (χ3v) is 6.41. The Morgan fingerprint density at radius 2 is 1.91 bits per heavy atom. The van der Waals surface area contributed by atoms with E-state index >= 15 is 0 Å². The molecule has 3 rings (SSSR count). The smallest absolute Gasteiger partial charge is 0.200 e. The molecule has 1 saturated heterocycles. The van der Waals surface area contributed by atoms with Crippen LogP contribution in [0.1, 0.15) is 56.4 Å². The van der Waals surface area contributed by atoms with E-state index in [1.54, 1.807) is 25.1 Å². The summed E-state index contributed by atoms with van der Waals surface area (Å²) >= 11 is 6.33. The molecule has 2 aromatic rings. The molecule has 3 N–H and O–H groups in total. The summed E-state index contributed by atoms with van der Waals surface area (Å²) in [5, 5.41) is 31.4. The fourth-order valence-corrected chi connectivity index (χ4v) is 4.27. The molecule has 1 heterocycles. The Morgan fingerprint density at radius 3 is 2.53 bits per heavy atom. The van der Waals surface area contributed by atoms with Gasteiger partial charge in [-0.25, -0.2) is 4.39 Å². The van der Waals surface area contributed by atoms with E-state index in [-0.39, 0.29) is 37.2 Å². The van der Waals surface area contributed by atoms with Crippen molar-refractivity contribution in [3.63, 3.8) is 0 Å². The monoisotopic (exact) mass is 470 g/mol. The largest absolute Gasteiger partial charge is 0.491 e. The predicted octanol–water partition coefficient (Wildman–Crippen LogP) is 4.32. The Bertz CT molecular complexity index is 962. The van der Waals surface area contributed by atoms with Gasteiger partial charge in [0.1, 0.15) is 5.60 Å². The molecule has 0 bridgehead atoms. The molecule has 1 aliphatic heterocycles. The summed E-state index contributed by atoms with van der Waals surface area (Å²) in [7, 11) is 0. The first kappa shape index (κ1) is 24.9. The fourth-order valence-electron chi connectivity index (χ4n) is 4.08. The quantitative estimate of drug-likeness (QED) is 0.561. The zero-order valence-corrected chi connectivity index (χ0v) is 19.1. The number of benzene rings is 2. The van der Waals surface area contributed by atoms with Crippen LogP contribution in [-0.4, -0.2) is 45.8 Å². The molecule has 0 saturated carbocycles. The topological polar surface area (TPSA) is 79.2 Å². The molecule has 8 heteroatoms. The first-order valence-corrected chi connectivity index (χ1v) is 11.0. The van der Waals surface area contributed by atoms with E-state index in [4.69, 9.17) is 21.1 Å². The van der Waals surface area contributed by atoms with Crippen molar-refractivity contribution in [1.82, 2.24) is 0 Å². The van der Waals surface area contributed by atoms with Crippen LogP contribution in [0.2, 0.25) is 5.02 Å². The van der Waals surface area contributed by atoms with Crippen molar-refractivity contribution in [3.8, 4) is 5.75 Å². The summed E-state index contributed by atoms with van der Waals surface area (Å²) in [6.45, 7) is 4.48. The molecule has 2 aromatic carbocycles. The van der Waals surface area contributed by atoms with Gasteiger partial charge in [-0.05, 0) is 49.6 Å². The van der Waals surface area contributed by atoms with E-state index in [1.165, 1.54) is 26.0 Å². The van der Waals surface area contributed by atoms with Crippen LogP contribution in [0, 0.1) is 11.6 Å². The van der Waals surface area contributed by atoms with Crippen LogP contribution in [0.25, 0.3) is 0 Å². The van der Waals surface area contributed by atoms with Gasteiger partial charge in [0.05, 0.1) is 31.0 Å². The Labute approximate surface area is 191 Å². The molecule has 0 amide bonds. The highest BCUT2D eigenvalue weighted by molar-refractivity contribution is 6.31. The summed E-state index contributed by atoms with van der Waals surface area (Å²) in [6, 6.07) is 7.90. The predicted molar refractivity (Wildman–Crippen MR) is 117 cm³/mol. The number of ether oxygens (including phenoxy) is 2. The Morgan fingerprint density at radius 1 is 1.19 bits per heavy atom. The summed E-state index contributed by atoms with van der Waals surface area (Å²) in [5.74, 6) is -2.19. The number of hydrogen-bond donors (Lipinski definition) is 3. The van der Waals surface area contributed by atoms with Gasteiger partial charge in [0.2, 0.25) is 5.82 Å². The molecular formula is C24H29ClF2O5. The van der Waals surface area contributed by atoms with E-state index in [0.717, 1.165) is 0 Å². The minimum absolute atomic E-state index is 0.0355. The molecule has 1 aliphatic rings. The maximum absolute atomic E-state index is 14.6. The first-order chi connectivity index (χ1) is 15.0. The van der Waals surface area contributed by atoms with Gasteiger partial charge in [-0.15, -0.1) is 0 Å². The Kier molecular flexibility index (Phi) is 7.47. The second-order valence-corrected chi connectivity index (χ2v) is 9.13. The average Bonchev–Trinajstić information content (AvgIpc) is 2.73. The SMILES string of the molecule is CCOc1ccc(Cc2cc(C3CC(O)C[C@@](CO)(C(C)(C)O)O3)ccc2Cl)c(F)c1F. The summed E-state index contributed by atoms with van der Waals surface area (Å²) in [4.78, 5) is 0. The highest BCUT2D eigenvalue weighted by Gasteiger charge is 2.51. The molecular weight excluding hydrogens is 442 g/mol. The van der Waals surface area contributed by atoms with Crippen molar-refractivity contribution in [1.29, 1.82) is 0 Å². The third kappa shape index (κ3) is 4.92. The van der Waals surface area contributed by atoms with Gasteiger partial charge >= 0.3 is 0 Å². The number of aliphatic hydroxyl groups is 3. The minimum atomic E-state index is -1.40. The van der Waals surface area contributed by atoms with Gasteiger partial charge in [-0.2, -0.15) is 4.39 Å². The minimum Gasteiger partial charge on any atom is -0.491 e. The zero-order valence-electron chi connectivity index (χ0n) is 18.4. The van der Waals surface area contributed by atoms with Crippen molar-refractivity contribution in [2.75, 3.05) is 13.2 Å². The fraction of sp³-hybridized carbons (Fsp3) is 0.500. The molecule has 0 aliphatic carbocycles. The Balaban J connectivity index is 1.92. The van der Waals surface area contributed by atoms with Crippen LogP contribution in [0.5, 0.6) is 5.75 Å². The van der Waals surface area contributed by atoms with Crippen LogP contribution < -0.4 is 4.74 Å². The maximum Gasteiger partial charge on any atom is 0.200 e. The van der Waals surface area contributed by atoms with E-state index in [2.05, 4.69) is 0 Å². The molecule has 0 spiro atoms. The average molecular weight is 471 g/mol. The second-order valence-electron chi connectivity index (χ2n) is 8.72. The van der Waals surface area contributed by atoms with Crippen LogP contribution in [0.4, 0.5) is 8.78 Å². The summed E-state index contributed by atoms with van der Waals surface area (Å²) < 4.78 is 40.1. The number of halogens is 3. The first-order valence-electron chi connectivity index (χ1n) is 10.6. The lowest BCUT2D eigenvalue weighted by Gasteiger charge is -2.48. The van der Waals surface area contributed by atoms with Crippen LogP contribution >= 0.6 is 11.6 Å². The lowest BCUT2D eigenvalue weighted by molar-refractivity contribution is -0.251. The third-order valence-electron chi connectivity index (χ3n) is 6.04. The molecule has 3 atom stereocenters. The molecule has 32 heavy (non-hydrogen) atoms. The van der Waals surface area contributed by atoms with Crippen LogP contribution in [-0.2, 0) is 11.2 Å². The van der Waals surface area contributed by atoms with Crippen LogP contribution in [0.15, 0.2) is 30.3 Å².